The molecule has 3 heteroatoms. The summed E-state index contributed by atoms with van der Waals surface area (Å²) in [7, 11) is 0. The number of aromatic nitrogens is 2. The number of aliphatic hydroxyl groups is 1. The molecular weight excluding hydrogens is 152 g/mol. The van der Waals surface area contributed by atoms with Crippen LogP contribution in [0.2, 0.25) is 0 Å². The number of aliphatic hydroxyl groups excluding tert-OH is 1. The molecule has 0 aromatic carbocycles. The average Bonchev–Trinajstić information content (AvgIpc) is 2.47. The van der Waals surface area contributed by atoms with Gasteiger partial charge in [0, 0.05) is 11.8 Å². The first kappa shape index (κ1) is 7.31. The first-order chi connectivity index (χ1) is 5.79. The van der Waals surface area contributed by atoms with Crippen LogP contribution in [0.4, 0.5) is 0 Å². The van der Waals surface area contributed by atoms with Gasteiger partial charge in [-0.05, 0) is 19.1 Å². The maximum atomic E-state index is 9.36. The molecule has 0 amide bonds. The van der Waals surface area contributed by atoms with E-state index in [0.29, 0.717) is 0 Å². The minimum absolute atomic E-state index is 0.454. The Kier molecular flexibility index (Phi) is 1.59. The molecule has 0 radical (unpaired) electrons. The lowest BCUT2D eigenvalue weighted by Crippen LogP contribution is -1.89. The van der Waals surface area contributed by atoms with Crippen molar-refractivity contribution in [1.29, 1.82) is 0 Å². The zero-order valence-corrected chi connectivity index (χ0v) is 6.81. The SMILES string of the molecule is C[C@@H](O)c1cnn2ccccc12. The van der Waals surface area contributed by atoms with Gasteiger partial charge in [-0.3, -0.25) is 0 Å². The molecule has 0 aliphatic rings. The van der Waals surface area contributed by atoms with Crippen LogP contribution in [0.25, 0.3) is 5.52 Å². The number of hydrogen-bond acceptors (Lipinski definition) is 2. The summed E-state index contributed by atoms with van der Waals surface area (Å²) in [5.74, 6) is 0. The van der Waals surface area contributed by atoms with Gasteiger partial charge in [0.15, 0.2) is 0 Å². The Balaban J connectivity index is 2.70. The standard InChI is InChI=1S/C9H10N2O/c1-7(12)8-6-10-11-5-3-2-4-9(8)11/h2-7,12H,1H3/t7-/m1/s1. The maximum absolute atomic E-state index is 9.36. The van der Waals surface area contributed by atoms with Crippen LogP contribution >= 0.6 is 0 Å². The molecule has 2 aromatic heterocycles. The largest absolute Gasteiger partial charge is 0.389 e. The molecule has 1 N–H and O–H groups in total. The summed E-state index contributed by atoms with van der Waals surface area (Å²) < 4.78 is 1.75. The van der Waals surface area contributed by atoms with E-state index < -0.39 is 6.10 Å². The molecule has 0 bridgehead atoms. The molecule has 0 spiro atoms. The smallest absolute Gasteiger partial charge is 0.0798 e. The lowest BCUT2D eigenvalue weighted by Gasteiger charge is -1.99. The molecule has 0 aliphatic heterocycles. The van der Waals surface area contributed by atoms with E-state index in [-0.39, 0.29) is 0 Å². The topological polar surface area (TPSA) is 37.5 Å². The number of rotatable bonds is 1. The van der Waals surface area contributed by atoms with Gasteiger partial charge in [-0.1, -0.05) is 6.07 Å². The number of hydrogen-bond donors (Lipinski definition) is 1. The van der Waals surface area contributed by atoms with Gasteiger partial charge in [-0.15, -0.1) is 0 Å². The molecule has 12 heavy (non-hydrogen) atoms. The summed E-state index contributed by atoms with van der Waals surface area (Å²) >= 11 is 0. The molecule has 1 atom stereocenters. The highest BCUT2D eigenvalue weighted by Crippen LogP contribution is 2.17. The highest BCUT2D eigenvalue weighted by Gasteiger charge is 2.06. The van der Waals surface area contributed by atoms with Crippen LogP contribution in [0.1, 0.15) is 18.6 Å². The van der Waals surface area contributed by atoms with Gasteiger partial charge in [0.25, 0.3) is 0 Å². The first-order valence-electron chi connectivity index (χ1n) is 3.89. The highest BCUT2D eigenvalue weighted by atomic mass is 16.3. The Morgan fingerprint density at radius 3 is 3.08 bits per heavy atom. The molecule has 0 saturated carbocycles. The average molecular weight is 162 g/mol. The molecule has 2 rings (SSSR count). The molecule has 0 aliphatic carbocycles. The summed E-state index contributed by atoms with van der Waals surface area (Å²) in [6.07, 6.45) is 3.10. The van der Waals surface area contributed by atoms with Crippen molar-refractivity contribution >= 4 is 5.52 Å². The Bertz CT molecular complexity index is 392. The summed E-state index contributed by atoms with van der Waals surface area (Å²) in [5.41, 5.74) is 1.84. The monoisotopic (exact) mass is 162 g/mol. The zero-order valence-electron chi connectivity index (χ0n) is 6.81. The van der Waals surface area contributed by atoms with Crippen LogP contribution in [0.3, 0.4) is 0 Å². The van der Waals surface area contributed by atoms with Crippen LogP contribution in [0.15, 0.2) is 30.6 Å². The van der Waals surface area contributed by atoms with Crippen LogP contribution < -0.4 is 0 Å². The van der Waals surface area contributed by atoms with E-state index in [1.165, 1.54) is 0 Å². The van der Waals surface area contributed by atoms with E-state index in [9.17, 15) is 5.11 Å². The first-order valence-corrected chi connectivity index (χ1v) is 3.89. The van der Waals surface area contributed by atoms with Crippen LogP contribution in [-0.4, -0.2) is 14.7 Å². The molecule has 2 heterocycles. The van der Waals surface area contributed by atoms with Crippen molar-refractivity contribution in [3.05, 3.63) is 36.2 Å². The molecular formula is C9H10N2O. The maximum Gasteiger partial charge on any atom is 0.0798 e. The second-order valence-electron chi connectivity index (χ2n) is 2.81. The molecule has 2 aromatic rings. The fraction of sp³-hybridized carbons (Fsp3) is 0.222. The van der Waals surface area contributed by atoms with Gasteiger partial charge in [0.05, 0.1) is 17.8 Å². The third kappa shape index (κ3) is 0.987. The predicted molar refractivity (Wildman–Crippen MR) is 45.8 cm³/mol. The number of fused-ring (bicyclic) bond motifs is 1. The van der Waals surface area contributed by atoms with E-state index in [0.717, 1.165) is 11.1 Å². The Labute approximate surface area is 70.3 Å². The van der Waals surface area contributed by atoms with Crippen molar-refractivity contribution in [3.63, 3.8) is 0 Å². The molecule has 0 fully saturated rings. The fourth-order valence-electron chi connectivity index (χ4n) is 1.28. The van der Waals surface area contributed by atoms with Crippen molar-refractivity contribution < 1.29 is 5.11 Å². The number of nitrogens with zero attached hydrogens (tertiary/aromatic N) is 2. The van der Waals surface area contributed by atoms with Crippen molar-refractivity contribution in [1.82, 2.24) is 9.61 Å². The van der Waals surface area contributed by atoms with E-state index in [1.807, 2.05) is 24.4 Å². The van der Waals surface area contributed by atoms with Crippen molar-refractivity contribution in [2.75, 3.05) is 0 Å². The summed E-state index contributed by atoms with van der Waals surface area (Å²) in [5, 5.41) is 13.5. The minimum atomic E-state index is -0.454. The second-order valence-corrected chi connectivity index (χ2v) is 2.81. The lowest BCUT2D eigenvalue weighted by atomic mass is 10.2. The van der Waals surface area contributed by atoms with Gasteiger partial charge >= 0.3 is 0 Å². The Morgan fingerprint density at radius 1 is 1.50 bits per heavy atom. The molecule has 0 unspecified atom stereocenters. The lowest BCUT2D eigenvalue weighted by molar-refractivity contribution is 0.201. The van der Waals surface area contributed by atoms with E-state index in [2.05, 4.69) is 5.10 Å². The van der Waals surface area contributed by atoms with E-state index in [1.54, 1.807) is 17.6 Å². The highest BCUT2D eigenvalue weighted by molar-refractivity contribution is 5.54. The second kappa shape index (κ2) is 2.60. The quantitative estimate of drug-likeness (QED) is 0.688. The van der Waals surface area contributed by atoms with E-state index >= 15 is 0 Å². The van der Waals surface area contributed by atoms with Crippen LogP contribution in [0, 0.1) is 0 Å². The van der Waals surface area contributed by atoms with Crippen molar-refractivity contribution in [3.8, 4) is 0 Å². The minimum Gasteiger partial charge on any atom is -0.389 e. The van der Waals surface area contributed by atoms with Gasteiger partial charge in [0.1, 0.15) is 0 Å². The third-order valence-electron chi connectivity index (χ3n) is 1.91. The summed E-state index contributed by atoms with van der Waals surface area (Å²) in [4.78, 5) is 0. The zero-order chi connectivity index (χ0) is 8.55. The van der Waals surface area contributed by atoms with Gasteiger partial charge in [-0.25, -0.2) is 4.52 Å². The van der Waals surface area contributed by atoms with Crippen LogP contribution in [-0.2, 0) is 0 Å². The Morgan fingerprint density at radius 2 is 2.33 bits per heavy atom. The van der Waals surface area contributed by atoms with Crippen molar-refractivity contribution in [2.45, 2.75) is 13.0 Å². The molecule has 62 valence electrons. The van der Waals surface area contributed by atoms with Gasteiger partial charge in [0.2, 0.25) is 0 Å². The molecule has 3 nitrogen and oxygen atoms in total. The fourth-order valence-corrected chi connectivity index (χ4v) is 1.28. The van der Waals surface area contributed by atoms with Crippen molar-refractivity contribution in [2.24, 2.45) is 0 Å². The van der Waals surface area contributed by atoms with Gasteiger partial charge < -0.3 is 5.11 Å². The number of pyridine rings is 1. The van der Waals surface area contributed by atoms with Gasteiger partial charge in [-0.2, -0.15) is 5.10 Å². The molecule has 0 saturated heterocycles. The predicted octanol–water partition coefficient (Wildman–Crippen LogP) is 1.39. The Hall–Kier alpha value is -1.35. The van der Waals surface area contributed by atoms with E-state index in [4.69, 9.17) is 0 Å². The van der Waals surface area contributed by atoms with Crippen LogP contribution in [0.5, 0.6) is 0 Å². The normalized spacial score (nSPS) is 13.5. The summed E-state index contributed by atoms with van der Waals surface area (Å²) in [6.45, 7) is 1.74. The third-order valence-corrected chi connectivity index (χ3v) is 1.91. The summed E-state index contributed by atoms with van der Waals surface area (Å²) in [6, 6.07) is 5.78.